The van der Waals surface area contributed by atoms with Gasteiger partial charge in [-0.3, -0.25) is 13.9 Å². The fraction of sp³-hybridized carbons (Fsp3) is 0.590. The van der Waals surface area contributed by atoms with Crippen molar-refractivity contribution in [2.45, 2.75) is 127 Å². The summed E-state index contributed by atoms with van der Waals surface area (Å²) in [5.41, 5.74) is -0.257. The number of hydrogen-bond acceptors (Lipinski definition) is 9. The molecule has 3 amide bonds. The van der Waals surface area contributed by atoms with Crippen LogP contribution in [0, 0.1) is 5.92 Å². The quantitative estimate of drug-likeness (QED) is 0.119. The van der Waals surface area contributed by atoms with Crippen molar-refractivity contribution < 1.29 is 32.3 Å². The molecule has 0 bridgehead atoms. The molecule has 286 valence electrons. The first-order valence-corrected chi connectivity index (χ1v) is 20.9. The molecule has 0 saturated carbocycles. The third kappa shape index (κ3) is 9.57. The number of ether oxygens (including phenoxy) is 2. The van der Waals surface area contributed by atoms with Gasteiger partial charge in [0.25, 0.3) is 21.8 Å². The Balaban J connectivity index is 1.82. The van der Waals surface area contributed by atoms with Crippen LogP contribution in [0.5, 0.6) is 0 Å². The average molecular weight is 757 g/mol. The van der Waals surface area contributed by atoms with E-state index >= 15 is 0 Å². The summed E-state index contributed by atoms with van der Waals surface area (Å²) < 4.78 is 40.8. The van der Waals surface area contributed by atoms with Gasteiger partial charge in [0.05, 0.1) is 11.4 Å². The molecule has 2 heterocycles. The molecular weight excluding hydrogens is 701 g/mol. The molecule has 0 aromatic heterocycles. The summed E-state index contributed by atoms with van der Waals surface area (Å²) in [6.07, 6.45) is 5.44. The van der Waals surface area contributed by atoms with E-state index in [1.54, 1.807) is 23.9 Å². The molecule has 1 fully saturated rings. The van der Waals surface area contributed by atoms with Gasteiger partial charge in [-0.15, -0.1) is 11.8 Å². The van der Waals surface area contributed by atoms with Crippen molar-refractivity contribution in [3.63, 3.8) is 0 Å². The number of nitrogens with zero attached hydrogens (tertiary/aromatic N) is 3. The highest BCUT2D eigenvalue weighted by atomic mass is 32.2. The predicted octanol–water partition coefficient (Wildman–Crippen LogP) is 8.30. The van der Waals surface area contributed by atoms with Crippen molar-refractivity contribution in [3.05, 3.63) is 48.0 Å². The maximum absolute atomic E-state index is 14.8. The van der Waals surface area contributed by atoms with Gasteiger partial charge in [-0.05, 0) is 74.3 Å². The summed E-state index contributed by atoms with van der Waals surface area (Å²) in [6, 6.07) is 10.4. The number of amidine groups is 1. The number of carbonyl (C=O) groups is 3. The lowest BCUT2D eigenvalue weighted by molar-refractivity contribution is -0.137. The summed E-state index contributed by atoms with van der Waals surface area (Å²) in [6.45, 7) is 16.2. The fourth-order valence-electron chi connectivity index (χ4n) is 6.06. The van der Waals surface area contributed by atoms with Crippen LogP contribution in [-0.4, -0.2) is 78.5 Å². The number of cyclic esters (lactones) is 1. The molecule has 11 nitrogen and oxygen atoms in total. The molecule has 0 radical (unpaired) electrons. The number of sulfonamides is 1. The minimum Gasteiger partial charge on any atom is -0.433 e. The summed E-state index contributed by atoms with van der Waals surface area (Å²) in [7, 11) is -4.26. The first-order chi connectivity index (χ1) is 24.6. The van der Waals surface area contributed by atoms with E-state index in [0.717, 1.165) is 59.0 Å². The van der Waals surface area contributed by atoms with E-state index in [-0.39, 0.29) is 41.4 Å². The van der Waals surface area contributed by atoms with E-state index in [1.807, 2.05) is 18.2 Å². The second-order valence-corrected chi connectivity index (χ2v) is 17.9. The van der Waals surface area contributed by atoms with Gasteiger partial charge in [-0.25, -0.2) is 23.1 Å². The molecule has 13 heteroatoms. The first-order valence-electron chi connectivity index (χ1n) is 18.5. The van der Waals surface area contributed by atoms with Gasteiger partial charge < -0.3 is 14.8 Å². The molecule has 2 atom stereocenters. The van der Waals surface area contributed by atoms with Gasteiger partial charge in [-0.1, -0.05) is 85.4 Å². The number of aliphatic imine (C=N–C) groups is 1. The molecule has 0 aliphatic carbocycles. The first kappa shape index (κ1) is 41.3. The normalized spacial score (nSPS) is 17.7. The number of unbranched alkanes of at least 4 members (excludes halogenated alkanes) is 2. The van der Waals surface area contributed by atoms with Crippen molar-refractivity contribution in [3.8, 4) is 0 Å². The van der Waals surface area contributed by atoms with Crippen LogP contribution in [0.3, 0.4) is 0 Å². The van der Waals surface area contributed by atoms with E-state index in [1.165, 1.54) is 26.0 Å². The molecule has 1 saturated heterocycles. The topological polar surface area (TPSA) is 135 Å². The Labute approximate surface area is 314 Å². The number of fused-ring (bicyclic) bond motifs is 1. The predicted molar refractivity (Wildman–Crippen MR) is 207 cm³/mol. The van der Waals surface area contributed by atoms with Crippen molar-refractivity contribution in [1.29, 1.82) is 0 Å². The van der Waals surface area contributed by atoms with Crippen LogP contribution in [0.25, 0.3) is 0 Å². The van der Waals surface area contributed by atoms with Crippen LogP contribution in [0.2, 0.25) is 0 Å². The van der Waals surface area contributed by atoms with Crippen LogP contribution >= 0.6 is 11.8 Å². The number of thioether (sulfide) groups is 1. The zero-order valence-corrected chi connectivity index (χ0v) is 33.6. The lowest BCUT2D eigenvalue weighted by Crippen LogP contribution is -2.59. The molecule has 0 spiro atoms. The maximum Gasteiger partial charge on any atom is 0.418 e. The number of benzene rings is 2. The van der Waals surface area contributed by atoms with Crippen LogP contribution in [0.1, 0.15) is 106 Å². The number of para-hydroxylation sites is 1. The van der Waals surface area contributed by atoms with Crippen LogP contribution in [-0.2, 0) is 34.5 Å². The van der Waals surface area contributed by atoms with Gasteiger partial charge in [0.2, 0.25) is 0 Å². The molecule has 2 aromatic rings. The second-order valence-electron chi connectivity index (χ2n) is 15.0. The lowest BCUT2D eigenvalue weighted by Gasteiger charge is -2.35. The number of hydrogen-bond donors (Lipinski definition) is 1. The molecule has 2 aromatic carbocycles. The minimum absolute atomic E-state index is 0.0365. The highest BCUT2D eigenvalue weighted by Gasteiger charge is 2.55. The summed E-state index contributed by atoms with van der Waals surface area (Å²) >= 11 is 1.64. The van der Waals surface area contributed by atoms with E-state index in [0.29, 0.717) is 23.1 Å². The smallest absolute Gasteiger partial charge is 0.418 e. The number of rotatable bonds is 18. The third-order valence-electron chi connectivity index (χ3n) is 9.36. The van der Waals surface area contributed by atoms with E-state index in [4.69, 9.17) is 14.5 Å². The average Bonchev–Trinajstić information content (AvgIpc) is 3.29. The Kier molecular flexibility index (Phi) is 14.0. The number of anilines is 1. The SMILES string of the molecule is CCCCOCCCN1C(C(C(=O)Nc2cc(C(C)(C)C)ccc2SCC(CC)CCCC)N2C(=O)OC(C)(C)C2=O)=Nc2ccccc2S1(=O)=O. The Morgan fingerprint density at radius 3 is 2.35 bits per heavy atom. The van der Waals surface area contributed by atoms with Gasteiger partial charge in [0, 0.05) is 30.4 Å². The Bertz CT molecular complexity index is 1740. The zero-order valence-electron chi connectivity index (χ0n) is 32.0. The Morgan fingerprint density at radius 2 is 1.71 bits per heavy atom. The second kappa shape index (κ2) is 17.6. The van der Waals surface area contributed by atoms with Gasteiger partial charge in [0.1, 0.15) is 4.90 Å². The van der Waals surface area contributed by atoms with Gasteiger partial charge in [-0.2, -0.15) is 0 Å². The van der Waals surface area contributed by atoms with Crippen molar-refractivity contribution in [1.82, 2.24) is 9.21 Å². The monoisotopic (exact) mass is 756 g/mol. The summed E-state index contributed by atoms with van der Waals surface area (Å²) in [4.78, 5) is 48.4. The molecule has 4 rings (SSSR count). The van der Waals surface area contributed by atoms with Crippen LogP contribution in [0.15, 0.2) is 57.2 Å². The number of amides is 3. The Hall–Kier alpha value is -3.42. The largest absolute Gasteiger partial charge is 0.433 e. The number of nitrogens with one attached hydrogen (secondary N) is 1. The number of imide groups is 1. The third-order valence-corrected chi connectivity index (χ3v) is 12.5. The standard InChI is InChI=1S/C39H56N4O7S2/c1-9-12-17-27(11-3)26-51-31-21-20-28(38(4,5)6)25-30(31)41-35(44)33(43-36(45)39(7,8)50-37(43)46)34-40-29-18-14-15-19-32(29)52(47,48)42(34)22-16-24-49-23-13-10-2/h14-15,18-21,25,27,33H,9-13,16-17,22-24,26H2,1-8H3,(H,41,44). The number of carbonyl (C=O) groups excluding carboxylic acids is 3. The molecule has 2 aliphatic heterocycles. The van der Waals surface area contributed by atoms with Crippen LogP contribution in [0.4, 0.5) is 16.2 Å². The highest BCUT2D eigenvalue weighted by molar-refractivity contribution is 7.99. The zero-order chi connectivity index (χ0) is 38.3. The molecular formula is C39H56N4O7S2. The Morgan fingerprint density at radius 1 is 1.02 bits per heavy atom. The van der Waals surface area contributed by atoms with Gasteiger partial charge >= 0.3 is 6.09 Å². The maximum atomic E-state index is 14.8. The lowest BCUT2D eigenvalue weighted by atomic mass is 9.87. The molecule has 2 aliphatic rings. The van der Waals surface area contributed by atoms with E-state index in [2.05, 4.69) is 46.9 Å². The summed E-state index contributed by atoms with van der Waals surface area (Å²) in [5.74, 6) is -0.493. The molecule has 52 heavy (non-hydrogen) atoms. The van der Waals surface area contributed by atoms with Gasteiger partial charge in [0.15, 0.2) is 17.5 Å². The van der Waals surface area contributed by atoms with Crippen LogP contribution < -0.4 is 5.32 Å². The molecule has 1 N–H and O–H groups in total. The summed E-state index contributed by atoms with van der Waals surface area (Å²) in [5, 5.41) is 3.02. The highest BCUT2D eigenvalue weighted by Crippen LogP contribution is 2.38. The fourth-order valence-corrected chi connectivity index (χ4v) is 8.93. The van der Waals surface area contributed by atoms with E-state index < -0.39 is 39.6 Å². The van der Waals surface area contributed by atoms with Crippen molar-refractivity contribution >= 4 is 56.9 Å². The minimum atomic E-state index is -4.26. The van der Waals surface area contributed by atoms with E-state index in [9.17, 15) is 22.8 Å². The molecule has 2 unspecified atom stereocenters. The van der Waals surface area contributed by atoms with Crippen molar-refractivity contribution in [2.24, 2.45) is 10.9 Å². The van der Waals surface area contributed by atoms with Crippen molar-refractivity contribution in [2.75, 3.05) is 30.8 Å².